The summed E-state index contributed by atoms with van der Waals surface area (Å²) in [5.74, 6) is 0.844. The van der Waals surface area contributed by atoms with Crippen molar-refractivity contribution in [2.75, 3.05) is 39.3 Å². The molecular weight excluding hydrogens is 376 g/mol. The Labute approximate surface area is 168 Å². The van der Waals surface area contributed by atoms with Gasteiger partial charge in [-0.3, -0.25) is 19.0 Å². The number of rotatable bonds is 6. The Balaban J connectivity index is 1.25. The van der Waals surface area contributed by atoms with E-state index in [0.29, 0.717) is 23.8 Å². The summed E-state index contributed by atoms with van der Waals surface area (Å²) in [5, 5.41) is 0.715. The highest BCUT2D eigenvalue weighted by atomic mass is 35.5. The standard InChI is InChI=1S/C21H23ClN4O2/c22-17-4-6-19(7-5-17)28-14-13-24-9-11-25(12-10-24)16-18-15-21(27)26-8-2-1-3-20(26)23-18/h1-8,15H,9-14,16H2. The minimum absolute atomic E-state index is 0.0291. The van der Waals surface area contributed by atoms with E-state index < -0.39 is 0 Å². The molecule has 1 fully saturated rings. The minimum atomic E-state index is -0.0291. The lowest BCUT2D eigenvalue weighted by atomic mass is 10.2. The molecule has 1 aliphatic heterocycles. The number of benzene rings is 1. The van der Waals surface area contributed by atoms with Crippen LogP contribution in [0.25, 0.3) is 5.65 Å². The molecule has 28 heavy (non-hydrogen) atoms. The number of nitrogens with zero attached hydrogens (tertiary/aromatic N) is 4. The molecule has 0 radical (unpaired) electrons. The van der Waals surface area contributed by atoms with Crippen LogP contribution >= 0.6 is 11.6 Å². The van der Waals surface area contributed by atoms with Crippen molar-refractivity contribution in [1.82, 2.24) is 19.2 Å². The molecule has 0 N–H and O–H groups in total. The smallest absolute Gasteiger partial charge is 0.258 e. The molecule has 1 saturated heterocycles. The predicted octanol–water partition coefficient (Wildman–Crippen LogP) is 2.54. The molecule has 2 aromatic heterocycles. The van der Waals surface area contributed by atoms with Crippen LogP contribution in [0.4, 0.5) is 0 Å². The van der Waals surface area contributed by atoms with Crippen LogP contribution in [0.1, 0.15) is 5.69 Å². The van der Waals surface area contributed by atoms with Gasteiger partial charge in [0, 0.05) is 56.6 Å². The van der Waals surface area contributed by atoms with Crippen LogP contribution in [0.15, 0.2) is 59.5 Å². The molecule has 0 amide bonds. The first-order valence-corrected chi connectivity index (χ1v) is 9.85. The van der Waals surface area contributed by atoms with Crippen molar-refractivity contribution in [2.24, 2.45) is 0 Å². The highest BCUT2D eigenvalue weighted by Crippen LogP contribution is 2.15. The Hall–Kier alpha value is -2.41. The number of halogens is 1. The Morgan fingerprint density at radius 3 is 2.54 bits per heavy atom. The highest BCUT2D eigenvalue weighted by Gasteiger charge is 2.17. The fourth-order valence-corrected chi connectivity index (χ4v) is 3.53. The number of hydrogen-bond acceptors (Lipinski definition) is 5. The maximum Gasteiger partial charge on any atom is 0.258 e. The Morgan fingerprint density at radius 2 is 1.75 bits per heavy atom. The van der Waals surface area contributed by atoms with Crippen molar-refractivity contribution < 1.29 is 4.74 Å². The maximum atomic E-state index is 12.2. The van der Waals surface area contributed by atoms with Crippen molar-refractivity contribution in [2.45, 2.75) is 6.54 Å². The van der Waals surface area contributed by atoms with E-state index in [-0.39, 0.29) is 5.56 Å². The van der Waals surface area contributed by atoms with Gasteiger partial charge in [-0.05, 0) is 36.4 Å². The zero-order chi connectivity index (χ0) is 19.3. The number of fused-ring (bicyclic) bond motifs is 1. The van der Waals surface area contributed by atoms with Crippen LogP contribution in [0.2, 0.25) is 5.02 Å². The number of aromatic nitrogens is 2. The molecule has 0 spiro atoms. The lowest BCUT2D eigenvalue weighted by Crippen LogP contribution is -2.47. The van der Waals surface area contributed by atoms with Crippen LogP contribution in [0.3, 0.4) is 0 Å². The molecule has 1 aliphatic rings. The fraction of sp³-hybridized carbons (Fsp3) is 0.333. The van der Waals surface area contributed by atoms with Crippen LogP contribution < -0.4 is 10.3 Å². The van der Waals surface area contributed by atoms with Crippen molar-refractivity contribution in [1.29, 1.82) is 0 Å². The van der Waals surface area contributed by atoms with Crippen LogP contribution in [-0.2, 0) is 6.54 Å². The van der Waals surface area contributed by atoms with E-state index in [4.69, 9.17) is 16.3 Å². The first kappa shape index (κ1) is 18.9. The average Bonchev–Trinajstić information content (AvgIpc) is 2.71. The number of ether oxygens (including phenoxy) is 1. The van der Waals surface area contributed by atoms with Crippen molar-refractivity contribution in [3.63, 3.8) is 0 Å². The van der Waals surface area contributed by atoms with Crippen molar-refractivity contribution in [3.05, 3.63) is 75.8 Å². The molecule has 6 nitrogen and oxygen atoms in total. The summed E-state index contributed by atoms with van der Waals surface area (Å²) in [7, 11) is 0. The van der Waals surface area contributed by atoms with Gasteiger partial charge in [-0.2, -0.15) is 0 Å². The Bertz CT molecular complexity index is 982. The van der Waals surface area contributed by atoms with Crippen LogP contribution in [0.5, 0.6) is 5.75 Å². The second kappa shape index (κ2) is 8.73. The predicted molar refractivity (Wildman–Crippen MR) is 110 cm³/mol. The monoisotopic (exact) mass is 398 g/mol. The van der Waals surface area contributed by atoms with Gasteiger partial charge in [-0.25, -0.2) is 4.98 Å². The molecule has 3 aromatic rings. The molecule has 146 valence electrons. The summed E-state index contributed by atoms with van der Waals surface area (Å²) in [6, 6.07) is 14.7. The van der Waals surface area contributed by atoms with Gasteiger partial charge in [-0.15, -0.1) is 0 Å². The van der Waals surface area contributed by atoms with Gasteiger partial charge in [0.25, 0.3) is 5.56 Å². The normalized spacial score (nSPS) is 15.8. The van der Waals surface area contributed by atoms with Gasteiger partial charge in [0.15, 0.2) is 0 Å². The van der Waals surface area contributed by atoms with Gasteiger partial charge >= 0.3 is 0 Å². The summed E-state index contributed by atoms with van der Waals surface area (Å²) in [5.41, 5.74) is 1.50. The van der Waals surface area contributed by atoms with Gasteiger partial charge in [0.05, 0.1) is 5.69 Å². The van der Waals surface area contributed by atoms with Gasteiger partial charge in [0.2, 0.25) is 0 Å². The molecule has 4 rings (SSSR count). The highest BCUT2D eigenvalue weighted by molar-refractivity contribution is 6.30. The largest absolute Gasteiger partial charge is 0.492 e. The molecule has 0 aliphatic carbocycles. The second-order valence-electron chi connectivity index (χ2n) is 6.93. The van der Waals surface area contributed by atoms with Gasteiger partial charge in [-0.1, -0.05) is 17.7 Å². The Kier molecular flexibility index (Phi) is 5.90. The zero-order valence-electron chi connectivity index (χ0n) is 15.6. The van der Waals surface area contributed by atoms with E-state index in [9.17, 15) is 4.79 Å². The zero-order valence-corrected chi connectivity index (χ0v) is 16.4. The SMILES string of the molecule is O=c1cc(CN2CCN(CCOc3ccc(Cl)cc3)CC2)nc2ccccn12. The molecular formula is C21H23ClN4O2. The topological polar surface area (TPSA) is 50.1 Å². The summed E-state index contributed by atoms with van der Waals surface area (Å²) in [6.45, 7) is 6.13. The van der Waals surface area contributed by atoms with E-state index >= 15 is 0 Å². The first-order chi connectivity index (χ1) is 13.7. The van der Waals surface area contributed by atoms with E-state index in [1.807, 2.05) is 42.5 Å². The quantitative estimate of drug-likeness (QED) is 0.638. The third kappa shape index (κ3) is 4.70. The van der Waals surface area contributed by atoms with Crippen molar-refractivity contribution in [3.8, 4) is 5.75 Å². The Morgan fingerprint density at radius 1 is 1.00 bits per heavy atom. The third-order valence-corrected chi connectivity index (χ3v) is 5.22. The van der Waals surface area contributed by atoms with E-state index in [1.165, 1.54) is 0 Å². The summed E-state index contributed by atoms with van der Waals surface area (Å²) in [6.07, 6.45) is 1.75. The summed E-state index contributed by atoms with van der Waals surface area (Å²) in [4.78, 5) is 21.6. The van der Waals surface area contributed by atoms with Crippen LogP contribution in [-0.4, -0.2) is 58.5 Å². The number of piperazine rings is 1. The molecule has 0 unspecified atom stereocenters. The maximum absolute atomic E-state index is 12.2. The van der Waals surface area contributed by atoms with Gasteiger partial charge < -0.3 is 4.74 Å². The summed E-state index contributed by atoms with van der Waals surface area (Å²) >= 11 is 5.89. The minimum Gasteiger partial charge on any atom is -0.492 e. The first-order valence-electron chi connectivity index (χ1n) is 9.48. The van der Waals surface area contributed by atoms with Crippen LogP contribution in [0, 0.1) is 0 Å². The summed E-state index contributed by atoms with van der Waals surface area (Å²) < 4.78 is 7.35. The second-order valence-corrected chi connectivity index (χ2v) is 7.37. The molecule has 1 aromatic carbocycles. The number of pyridine rings is 1. The number of hydrogen-bond donors (Lipinski definition) is 0. The van der Waals surface area contributed by atoms with E-state index in [2.05, 4.69) is 14.8 Å². The molecule has 7 heteroatoms. The molecule has 3 heterocycles. The lowest BCUT2D eigenvalue weighted by Gasteiger charge is -2.34. The van der Waals surface area contributed by atoms with Crippen molar-refractivity contribution >= 4 is 17.2 Å². The molecule has 0 bridgehead atoms. The fourth-order valence-electron chi connectivity index (χ4n) is 3.41. The lowest BCUT2D eigenvalue weighted by molar-refractivity contribution is 0.111. The average molecular weight is 399 g/mol. The van der Waals surface area contributed by atoms with E-state index in [1.54, 1.807) is 16.7 Å². The molecule has 0 saturated carbocycles. The molecule has 0 atom stereocenters. The van der Waals surface area contributed by atoms with E-state index in [0.717, 1.165) is 44.2 Å². The third-order valence-electron chi connectivity index (χ3n) is 4.96. The van der Waals surface area contributed by atoms with Gasteiger partial charge in [0.1, 0.15) is 18.0 Å².